The van der Waals surface area contributed by atoms with E-state index < -0.39 is 10.8 Å². The second-order valence-corrected chi connectivity index (χ2v) is 17.4. The number of rotatable bonds is 9. The predicted molar refractivity (Wildman–Crippen MR) is 214 cm³/mol. The summed E-state index contributed by atoms with van der Waals surface area (Å²) in [7, 11) is 0. The lowest BCUT2D eigenvalue weighted by Gasteiger charge is -2.63. The zero-order chi connectivity index (χ0) is 40.1. The van der Waals surface area contributed by atoms with Crippen LogP contribution in [-0.2, 0) is 4.79 Å². The molecule has 57 heavy (non-hydrogen) atoms. The number of piperidine rings is 2. The number of likely N-dealkylation sites (tertiary alicyclic amines) is 1. The number of anilines is 2. The molecule has 2 N–H and O–H groups in total. The maximum absolute atomic E-state index is 13.4. The predicted octanol–water partition coefficient (Wildman–Crippen LogP) is 5.36. The number of hydrogen-bond donors (Lipinski definition) is 2. The molecular weight excluding hydrogens is 746 g/mol. The zero-order valence-corrected chi connectivity index (χ0v) is 33.5. The Labute approximate surface area is 336 Å². The van der Waals surface area contributed by atoms with Gasteiger partial charge in [0.2, 0.25) is 11.9 Å². The van der Waals surface area contributed by atoms with Gasteiger partial charge in [-0.15, -0.1) is 0 Å². The van der Waals surface area contributed by atoms with Crippen molar-refractivity contribution in [3.63, 3.8) is 0 Å². The molecule has 0 radical (unpaired) electrons. The number of nitrogens with one attached hydrogen (secondary N) is 2. The second-order valence-electron chi connectivity index (χ2n) is 16.9. The zero-order valence-electron chi connectivity index (χ0n) is 32.7. The van der Waals surface area contributed by atoms with Crippen molar-refractivity contribution in [2.75, 3.05) is 49.1 Å². The Morgan fingerprint density at radius 2 is 1.70 bits per heavy atom. The van der Waals surface area contributed by atoms with Gasteiger partial charge in [-0.25, -0.2) is 19.7 Å². The van der Waals surface area contributed by atoms with Crippen molar-refractivity contribution >= 4 is 52.0 Å². The van der Waals surface area contributed by atoms with Gasteiger partial charge < -0.3 is 19.9 Å². The highest BCUT2D eigenvalue weighted by atomic mass is 35.5. The van der Waals surface area contributed by atoms with Crippen molar-refractivity contribution < 1.29 is 19.1 Å². The summed E-state index contributed by atoms with van der Waals surface area (Å²) in [6, 6.07) is 9.21. The van der Waals surface area contributed by atoms with Crippen molar-refractivity contribution in [2.45, 2.75) is 78.0 Å². The lowest BCUT2D eigenvalue weighted by molar-refractivity contribution is -0.164. The van der Waals surface area contributed by atoms with E-state index in [1.807, 2.05) is 24.4 Å². The van der Waals surface area contributed by atoms with Gasteiger partial charge in [-0.1, -0.05) is 45.4 Å². The summed E-state index contributed by atoms with van der Waals surface area (Å²) in [5.41, 5.74) is 1.54. The number of carbonyl (C=O) groups is 3. The number of urea groups is 1. The summed E-state index contributed by atoms with van der Waals surface area (Å²) in [5.74, 6) is 1.24. The third-order valence-corrected chi connectivity index (χ3v) is 12.8. The molecule has 1 saturated carbocycles. The lowest BCUT2D eigenvalue weighted by atomic mass is 9.49. The number of halogens is 1. The smallest absolute Gasteiger partial charge is 0.328 e. The molecule has 0 atom stereocenters. The number of nitrogens with zero attached hydrogens (tertiary/aromatic N) is 9. The quantitative estimate of drug-likeness (QED) is 0.223. The molecule has 4 aromatic rings. The highest BCUT2D eigenvalue weighted by Crippen LogP contribution is 2.55. The van der Waals surface area contributed by atoms with E-state index in [0.29, 0.717) is 29.7 Å². The standard InChI is InChI=1S/C41H48ClN11O4/c1-40(2)36(41(3,4)37(40)57-28-18-30(42)31(19-43)44-22-28)49-35(55)26-20-45-38(46-21-26)51-15-8-25(9-16-51)24-50-13-10-27(11-14-50)53-33-7-5-6-32(29(33)23-47-53)52-17-12-34(54)48-39(52)56/h5-7,18,20-23,25,27,36-37H,8-17,24H2,1-4H3,(H,49,55)(H,48,54,56). The average Bonchev–Trinajstić information content (AvgIpc) is 3.64. The highest BCUT2D eigenvalue weighted by molar-refractivity contribution is 6.31. The van der Waals surface area contributed by atoms with Crippen LogP contribution in [0, 0.1) is 28.1 Å². The molecular formula is C41H48ClN11O4. The van der Waals surface area contributed by atoms with Crippen LogP contribution in [0.2, 0.25) is 5.02 Å². The third kappa shape index (κ3) is 7.36. The second kappa shape index (κ2) is 15.2. The molecule has 0 spiro atoms. The van der Waals surface area contributed by atoms with Crippen LogP contribution in [0.15, 0.2) is 49.1 Å². The number of ether oxygens (including phenoxy) is 1. The van der Waals surface area contributed by atoms with Gasteiger partial charge in [0.05, 0.1) is 40.2 Å². The minimum absolute atomic E-state index is 0.147. The number of amides is 4. The molecule has 3 saturated heterocycles. The molecule has 15 nitrogen and oxygen atoms in total. The van der Waals surface area contributed by atoms with Gasteiger partial charge in [0.1, 0.15) is 17.9 Å². The van der Waals surface area contributed by atoms with E-state index in [0.717, 1.165) is 75.0 Å². The molecule has 0 unspecified atom stereocenters. The Bertz CT molecular complexity index is 2200. The van der Waals surface area contributed by atoms with E-state index in [1.54, 1.807) is 23.4 Å². The van der Waals surface area contributed by atoms with E-state index in [9.17, 15) is 14.4 Å². The number of hydrogen-bond acceptors (Lipinski definition) is 11. The number of fused-ring (bicyclic) bond motifs is 1. The first kappa shape index (κ1) is 38.5. The van der Waals surface area contributed by atoms with Crippen LogP contribution in [0.5, 0.6) is 5.75 Å². The van der Waals surface area contributed by atoms with Crippen LogP contribution < -0.4 is 25.2 Å². The van der Waals surface area contributed by atoms with Gasteiger partial charge in [-0.2, -0.15) is 10.4 Å². The van der Waals surface area contributed by atoms with Crippen molar-refractivity contribution in [2.24, 2.45) is 16.7 Å². The molecule has 1 aliphatic carbocycles. The highest BCUT2D eigenvalue weighted by Gasteiger charge is 2.64. The van der Waals surface area contributed by atoms with Crippen molar-refractivity contribution in [3.05, 3.63) is 65.3 Å². The largest absolute Gasteiger partial charge is 0.487 e. The number of imide groups is 1. The SMILES string of the molecule is CC1(C)C(NC(=O)c2cnc(N3CCC(CN4CCC(n5ncc6c(N7CCC(=O)NC7=O)cccc65)CC4)CC3)nc2)C(C)(C)C1Oc1cnc(C#N)c(Cl)c1. The van der Waals surface area contributed by atoms with Crippen LogP contribution in [0.25, 0.3) is 10.9 Å². The Morgan fingerprint density at radius 3 is 2.37 bits per heavy atom. The molecule has 0 bridgehead atoms. The molecule has 4 amide bonds. The van der Waals surface area contributed by atoms with Crippen LogP contribution >= 0.6 is 11.6 Å². The van der Waals surface area contributed by atoms with Crippen LogP contribution in [0.1, 0.15) is 81.9 Å². The maximum Gasteiger partial charge on any atom is 0.328 e. The van der Waals surface area contributed by atoms with Crippen LogP contribution in [0.4, 0.5) is 16.4 Å². The normalized spacial score (nSPS) is 22.8. The molecule has 16 heteroatoms. The fraction of sp³-hybridized carbons (Fsp3) is 0.512. The lowest BCUT2D eigenvalue weighted by Crippen LogP contribution is -2.74. The Balaban J connectivity index is 0.800. The summed E-state index contributed by atoms with van der Waals surface area (Å²) in [6.07, 6.45) is 10.7. The number of aromatic nitrogens is 5. The first-order chi connectivity index (χ1) is 27.3. The molecule has 1 aromatic carbocycles. The van der Waals surface area contributed by atoms with E-state index in [-0.39, 0.29) is 53.2 Å². The minimum atomic E-state index is -0.404. The number of benzene rings is 1. The molecule has 4 fully saturated rings. The van der Waals surface area contributed by atoms with E-state index in [4.69, 9.17) is 26.7 Å². The van der Waals surface area contributed by atoms with Gasteiger partial charge in [0.15, 0.2) is 5.69 Å². The Kier molecular flexibility index (Phi) is 10.3. The van der Waals surface area contributed by atoms with Crippen molar-refractivity contribution in [1.29, 1.82) is 5.26 Å². The summed E-state index contributed by atoms with van der Waals surface area (Å²) in [6.45, 7) is 13.4. The summed E-state index contributed by atoms with van der Waals surface area (Å²) in [4.78, 5) is 57.4. The molecule has 3 aliphatic heterocycles. The molecule has 4 aliphatic rings. The van der Waals surface area contributed by atoms with Gasteiger partial charge in [0.25, 0.3) is 5.91 Å². The summed E-state index contributed by atoms with van der Waals surface area (Å²) >= 11 is 6.18. The topological polar surface area (TPSA) is 174 Å². The van der Waals surface area contributed by atoms with Gasteiger partial charge in [-0.3, -0.25) is 24.5 Å². The average molecular weight is 794 g/mol. The Hall–Kier alpha value is -5.33. The van der Waals surface area contributed by atoms with Gasteiger partial charge in [-0.05, 0) is 43.7 Å². The first-order valence-corrected chi connectivity index (χ1v) is 20.1. The summed E-state index contributed by atoms with van der Waals surface area (Å²) < 4.78 is 8.42. The third-order valence-electron chi connectivity index (χ3n) is 12.5. The van der Waals surface area contributed by atoms with E-state index in [2.05, 4.69) is 73.8 Å². The first-order valence-electron chi connectivity index (χ1n) is 19.7. The van der Waals surface area contributed by atoms with Crippen LogP contribution in [0.3, 0.4) is 0 Å². The number of carbonyl (C=O) groups excluding carboxylic acids is 3. The molecule has 298 valence electrons. The Morgan fingerprint density at radius 1 is 0.982 bits per heavy atom. The fourth-order valence-corrected chi connectivity index (χ4v) is 9.92. The monoisotopic (exact) mass is 793 g/mol. The maximum atomic E-state index is 13.4. The van der Waals surface area contributed by atoms with Crippen molar-refractivity contribution in [3.8, 4) is 11.8 Å². The van der Waals surface area contributed by atoms with Gasteiger partial charge >= 0.3 is 6.03 Å². The van der Waals surface area contributed by atoms with E-state index >= 15 is 0 Å². The molecule has 3 aromatic heterocycles. The van der Waals surface area contributed by atoms with Gasteiger partial charge in [0, 0.05) is 86.4 Å². The number of pyridine rings is 1. The number of nitriles is 1. The summed E-state index contributed by atoms with van der Waals surface area (Å²) in [5, 5.41) is 20.7. The minimum Gasteiger partial charge on any atom is -0.487 e. The molecule has 6 heterocycles. The molecule has 8 rings (SSSR count). The fourth-order valence-electron chi connectivity index (χ4n) is 9.72. The van der Waals surface area contributed by atoms with Crippen molar-refractivity contribution in [1.82, 2.24) is 40.3 Å². The van der Waals surface area contributed by atoms with Crippen LogP contribution in [-0.4, -0.2) is 98.9 Å². The van der Waals surface area contributed by atoms with E-state index in [1.165, 1.54) is 6.20 Å².